The fourth-order valence-electron chi connectivity index (χ4n) is 8.08. The van der Waals surface area contributed by atoms with Gasteiger partial charge >= 0.3 is 0 Å². The van der Waals surface area contributed by atoms with Crippen LogP contribution in [0.4, 0.5) is 35.1 Å². The number of nitrogens with two attached hydrogens (primary N) is 1. The molecule has 2 saturated heterocycles. The van der Waals surface area contributed by atoms with Crippen molar-refractivity contribution in [3.63, 3.8) is 0 Å². The number of anilines is 3. The Morgan fingerprint density at radius 2 is 1.23 bits per heavy atom. The molecule has 3 N–H and O–H groups in total. The zero-order chi connectivity index (χ0) is 53.9. The number of hydrogen-bond donors (Lipinski definition) is 2. The summed E-state index contributed by atoms with van der Waals surface area (Å²) in [4.78, 5) is 48.2. The second-order valence-corrected chi connectivity index (χ2v) is 19.2. The van der Waals surface area contributed by atoms with E-state index in [0.29, 0.717) is 106 Å². The van der Waals surface area contributed by atoms with Crippen LogP contribution in [-0.2, 0) is 57.8 Å². The average molecular weight is 1140 g/mol. The lowest BCUT2D eigenvalue weighted by Crippen LogP contribution is -2.20. The summed E-state index contributed by atoms with van der Waals surface area (Å²) in [6.07, 6.45) is 7.85. The molecule has 8 aromatic rings. The van der Waals surface area contributed by atoms with E-state index in [0.717, 1.165) is 13.8 Å². The number of imidazole rings is 2. The number of nitrogen functional groups attached to an aromatic ring is 1. The Bertz CT molecular complexity index is 3380. The predicted octanol–water partition coefficient (Wildman–Crippen LogP) is 10.2. The molecule has 2 atom stereocenters. The molecular weight excluding hydrogens is 1100 g/mol. The summed E-state index contributed by atoms with van der Waals surface area (Å²) in [6, 6.07) is 8.85. The van der Waals surface area contributed by atoms with E-state index in [1.54, 1.807) is 52.8 Å². The second kappa shape index (κ2) is 22.6. The Hall–Kier alpha value is -6.80. The minimum atomic E-state index is -3.09. The van der Waals surface area contributed by atoms with Gasteiger partial charge in [0, 0.05) is 90.7 Å². The van der Waals surface area contributed by atoms with Gasteiger partial charge in [-0.2, -0.15) is 32.7 Å². The van der Waals surface area contributed by atoms with Crippen LogP contribution in [0.3, 0.4) is 0 Å². The minimum absolute atomic E-state index is 0.0168. The molecule has 0 saturated carbocycles. The number of ether oxygens (including phenoxy) is 4. The molecule has 20 nitrogen and oxygen atoms in total. The molecule has 2 aliphatic heterocycles. The highest BCUT2D eigenvalue weighted by molar-refractivity contribution is 9.10. The number of halogens is 7. The summed E-state index contributed by atoms with van der Waals surface area (Å²) >= 11 is 16.4. The van der Waals surface area contributed by atoms with Crippen LogP contribution in [0.1, 0.15) is 75.4 Å². The Morgan fingerprint density at radius 3 is 1.71 bits per heavy atom. The fraction of sp³-hybridized carbons (Fsp3) is 0.375. The first-order valence-corrected chi connectivity index (χ1v) is 24.6. The van der Waals surface area contributed by atoms with Gasteiger partial charge in [-0.15, -0.1) is 0 Å². The number of fused-ring (bicyclic) bond motifs is 2. The van der Waals surface area contributed by atoms with E-state index in [2.05, 4.69) is 61.3 Å². The van der Waals surface area contributed by atoms with Gasteiger partial charge < -0.3 is 39.1 Å². The van der Waals surface area contributed by atoms with Crippen molar-refractivity contribution in [2.75, 3.05) is 37.5 Å². The Morgan fingerprint density at radius 1 is 0.747 bits per heavy atom. The first-order valence-electron chi connectivity index (χ1n) is 23.1. The van der Waals surface area contributed by atoms with Crippen molar-refractivity contribution in [2.45, 2.75) is 77.3 Å². The van der Waals surface area contributed by atoms with E-state index in [4.69, 9.17) is 47.9 Å². The molecule has 0 bridgehead atoms. The van der Waals surface area contributed by atoms with Crippen molar-refractivity contribution in [3.05, 3.63) is 98.7 Å². The smallest absolute Gasteiger partial charge is 0.286 e. The average Bonchev–Trinajstić information content (AvgIpc) is 4.21. The maximum absolute atomic E-state index is 14.3. The fourth-order valence-corrected chi connectivity index (χ4v) is 9.02. The molecule has 0 spiro atoms. The van der Waals surface area contributed by atoms with Crippen LogP contribution in [0.25, 0.3) is 22.3 Å². The van der Waals surface area contributed by atoms with Gasteiger partial charge in [-0.05, 0) is 54.8 Å². The molecular formula is C48H49BrCl2F4N14O6. The van der Waals surface area contributed by atoms with Crippen LogP contribution >= 0.6 is 39.1 Å². The minimum Gasteiger partial charge on any atom is -0.454 e. The van der Waals surface area contributed by atoms with Gasteiger partial charge in [-0.1, -0.05) is 23.2 Å². The zero-order valence-electron chi connectivity index (χ0n) is 41.1. The molecule has 396 valence electrons. The molecule has 2 aliphatic rings. The van der Waals surface area contributed by atoms with Crippen molar-refractivity contribution in [1.29, 1.82) is 0 Å². The highest BCUT2D eigenvalue weighted by atomic mass is 79.9. The number of aryl methyl sites for hydroxylation is 2. The normalized spacial score (nSPS) is 15.6. The molecule has 0 unspecified atom stereocenters. The molecule has 0 aromatic carbocycles. The lowest BCUT2D eigenvalue weighted by molar-refractivity contribution is -0.117. The quantitative estimate of drug-likeness (QED) is 0.0964. The third kappa shape index (κ3) is 12.8. The van der Waals surface area contributed by atoms with Crippen molar-refractivity contribution in [2.24, 2.45) is 14.1 Å². The zero-order valence-corrected chi connectivity index (χ0v) is 44.2. The molecule has 75 heavy (non-hydrogen) atoms. The summed E-state index contributed by atoms with van der Waals surface area (Å²) < 4.78 is 84.0. The van der Waals surface area contributed by atoms with Gasteiger partial charge in [0.25, 0.3) is 11.8 Å². The number of alkyl halides is 4. The van der Waals surface area contributed by atoms with Crippen molar-refractivity contribution in [1.82, 2.24) is 58.6 Å². The monoisotopic (exact) mass is 1140 g/mol. The number of carbonyl (C=O) groups is 2. The summed E-state index contributed by atoms with van der Waals surface area (Å²) in [5.41, 5.74) is 8.31. The largest absolute Gasteiger partial charge is 0.454 e. The highest BCUT2D eigenvalue weighted by Gasteiger charge is 2.35. The van der Waals surface area contributed by atoms with E-state index in [-0.39, 0.29) is 70.3 Å². The number of ketones is 2. The molecule has 10 heterocycles. The van der Waals surface area contributed by atoms with E-state index in [1.165, 1.54) is 47.7 Å². The Balaban J connectivity index is 0.000000166. The number of carbonyl (C=O) groups excluding carboxylic acids is 2. The topological polar surface area (TPSA) is 232 Å². The summed E-state index contributed by atoms with van der Waals surface area (Å²) in [6.45, 7) is 6.51. The Kier molecular flexibility index (Phi) is 16.4. The van der Waals surface area contributed by atoms with Crippen LogP contribution in [0.2, 0.25) is 10.0 Å². The molecule has 8 aromatic heterocycles. The number of nitrogens with one attached hydrogen (secondary N) is 1. The number of pyridine rings is 4. The number of Topliss-reactive ketones (excluding diaryl/α,β-unsaturated/α-hetero) is 2. The van der Waals surface area contributed by atoms with Gasteiger partial charge in [0.1, 0.15) is 61.3 Å². The van der Waals surface area contributed by atoms with Gasteiger partial charge in [0.2, 0.25) is 5.95 Å². The van der Waals surface area contributed by atoms with E-state index < -0.39 is 11.8 Å². The molecule has 0 amide bonds. The lowest BCUT2D eigenvalue weighted by atomic mass is 10.2. The molecule has 2 fully saturated rings. The van der Waals surface area contributed by atoms with Crippen LogP contribution in [-0.4, -0.2) is 96.6 Å². The van der Waals surface area contributed by atoms with Gasteiger partial charge in [0.15, 0.2) is 33.3 Å². The maximum Gasteiger partial charge on any atom is 0.286 e. The van der Waals surface area contributed by atoms with E-state index in [1.807, 2.05) is 7.05 Å². The standard InChI is InChI=1S/C24H24ClF2N7O3.C15H12BrClN4O2.C9H13F2N3O/c1-13(35)8-14-9-16(4-6-28-14)37-17-11-29-22-21(20(17)25)33(3)23(31-22)30-19-10-18(24(2,26)27)34(32-19)15-5-7-36-12-15;1-8(22)5-9-6-10(3-4-18-9)23-11-7-19-14-13(12(11)17)21(2)15(16)20-14;1-9(10,11)7-4-8(12)13-14(7)6-2-3-15-5-6/h4,6,9-11,15H,5,7-8,12H2,1-3H3,(H,29,30,31,32);3-4,6-7H,5H2,1-2H3;4,6H,2-3,5H2,1H3,(H2,12,13)/t15-;;6-/m0.0/s1. The van der Waals surface area contributed by atoms with Crippen LogP contribution < -0.4 is 20.5 Å². The maximum atomic E-state index is 14.3. The molecule has 0 aliphatic carbocycles. The summed E-state index contributed by atoms with van der Waals surface area (Å²) in [5.74, 6) is -3.66. The first-order chi connectivity index (χ1) is 35.5. The Labute approximate surface area is 444 Å². The molecule has 27 heteroatoms. The van der Waals surface area contributed by atoms with Crippen molar-refractivity contribution < 1.29 is 46.1 Å². The van der Waals surface area contributed by atoms with Crippen LogP contribution in [0.15, 0.2) is 65.9 Å². The highest BCUT2D eigenvalue weighted by Crippen LogP contribution is 2.39. The number of nitrogens with zero attached hydrogens (tertiary/aromatic N) is 12. The number of hydrogen-bond acceptors (Lipinski definition) is 16. The van der Waals surface area contributed by atoms with Crippen molar-refractivity contribution >= 4 is 90.6 Å². The third-order valence-corrected chi connectivity index (χ3v) is 13.0. The summed E-state index contributed by atoms with van der Waals surface area (Å²) in [7, 11) is 3.54. The van der Waals surface area contributed by atoms with Gasteiger partial charge in [-0.25, -0.2) is 15.0 Å². The second-order valence-electron chi connectivity index (χ2n) is 17.8. The molecule has 10 rings (SSSR count). The van der Waals surface area contributed by atoms with Gasteiger partial charge in [-0.3, -0.25) is 28.9 Å². The third-order valence-electron chi connectivity index (χ3n) is 11.6. The number of rotatable bonds is 14. The van der Waals surface area contributed by atoms with Crippen LogP contribution in [0.5, 0.6) is 23.0 Å². The van der Waals surface area contributed by atoms with Crippen molar-refractivity contribution in [3.8, 4) is 23.0 Å². The molecule has 0 radical (unpaired) electrons. The van der Waals surface area contributed by atoms with Gasteiger partial charge in [0.05, 0.1) is 49.1 Å². The van der Waals surface area contributed by atoms with Crippen LogP contribution in [0, 0.1) is 0 Å². The SMILES string of the molecule is CC(=O)Cc1cc(Oc2cnc3nc(Br)n(C)c3c2Cl)ccn1.CC(=O)Cc1cc(Oc2cnc3nc(Nc4cc(C(C)(F)F)n([C@H]5CCOC5)n4)n(C)c3c2Cl)ccn1.CC(F)(F)c1cc(N)nn1[C@H]1CCOC1. The lowest BCUT2D eigenvalue weighted by Gasteiger charge is -2.16. The predicted molar refractivity (Wildman–Crippen MR) is 272 cm³/mol. The summed E-state index contributed by atoms with van der Waals surface area (Å²) in [5, 5.41) is 11.9. The number of aromatic nitrogens is 12. The van der Waals surface area contributed by atoms with E-state index in [9.17, 15) is 27.2 Å². The first kappa shape index (κ1) is 54.5. The van der Waals surface area contributed by atoms with E-state index >= 15 is 0 Å².